The van der Waals surface area contributed by atoms with Crippen LogP contribution in [0.25, 0.3) is 0 Å². The Balaban J connectivity index is 3.09. The first-order valence-electron chi connectivity index (χ1n) is 3.07. The van der Waals surface area contributed by atoms with Gasteiger partial charge in [0, 0.05) is 0 Å². The van der Waals surface area contributed by atoms with Crippen LogP contribution in [0.4, 0.5) is 13.2 Å². The van der Waals surface area contributed by atoms with E-state index in [1.165, 1.54) is 0 Å². The molecule has 1 aromatic heterocycles. The molecule has 0 unspecified atom stereocenters. The Labute approximate surface area is 91.5 Å². The summed E-state index contributed by atoms with van der Waals surface area (Å²) in [5.41, 5.74) is 0. The normalized spacial score (nSPS) is 11.6. The average molecular weight is 266 g/mol. The van der Waals surface area contributed by atoms with E-state index in [4.69, 9.17) is 34.8 Å². The molecule has 1 heterocycles. The van der Waals surface area contributed by atoms with Crippen LogP contribution in [0.1, 0.15) is 0 Å². The molecule has 0 bridgehead atoms. The van der Waals surface area contributed by atoms with Crippen LogP contribution < -0.4 is 4.74 Å². The Kier molecular flexibility index (Phi) is 3.34. The van der Waals surface area contributed by atoms with Gasteiger partial charge in [-0.3, -0.25) is 0 Å². The molecule has 1 aromatic rings. The molecular weight excluding hydrogens is 265 g/mol. The zero-order valence-corrected chi connectivity index (χ0v) is 8.47. The lowest BCUT2D eigenvalue weighted by molar-refractivity contribution is -0.276. The van der Waals surface area contributed by atoms with Gasteiger partial charge in [0.25, 0.3) is 0 Å². The van der Waals surface area contributed by atoms with Crippen LogP contribution in [0.3, 0.4) is 0 Å². The number of hydrogen-bond donors (Lipinski definition) is 0. The minimum absolute atomic E-state index is 0.161. The van der Waals surface area contributed by atoms with Gasteiger partial charge in [0.05, 0.1) is 5.02 Å². The van der Waals surface area contributed by atoms with Crippen molar-refractivity contribution in [2.24, 2.45) is 0 Å². The molecule has 0 aliphatic rings. The van der Waals surface area contributed by atoms with Gasteiger partial charge in [0.15, 0.2) is 0 Å². The van der Waals surface area contributed by atoms with Gasteiger partial charge in [-0.15, -0.1) is 13.2 Å². The van der Waals surface area contributed by atoms with E-state index in [1.807, 2.05) is 0 Å². The summed E-state index contributed by atoms with van der Waals surface area (Å²) in [6.45, 7) is 0. The van der Waals surface area contributed by atoms with Crippen LogP contribution in [-0.2, 0) is 0 Å². The van der Waals surface area contributed by atoms with Crippen molar-refractivity contribution in [2.75, 3.05) is 0 Å². The Morgan fingerprint density at radius 3 is 2.29 bits per heavy atom. The summed E-state index contributed by atoms with van der Waals surface area (Å²) < 4.78 is 38.8. The van der Waals surface area contributed by atoms with Crippen molar-refractivity contribution in [3.05, 3.63) is 21.3 Å². The maximum absolute atomic E-state index is 11.8. The lowest BCUT2D eigenvalue weighted by Gasteiger charge is -2.09. The first kappa shape index (κ1) is 11.7. The van der Waals surface area contributed by atoms with Crippen molar-refractivity contribution in [1.29, 1.82) is 0 Å². The monoisotopic (exact) mass is 265 g/mol. The Hall–Kier alpha value is -0.390. The van der Waals surface area contributed by atoms with Crippen LogP contribution >= 0.6 is 34.8 Å². The molecule has 8 heteroatoms. The number of aromatic nitrogens is 1. The van der Waals surface area contributed by atoms with Gasteiger partial charge in [0.2, 0.25) is 5.88 Å². The summed E-state index contributed by atoms with van der Waals surface area (Å²) in [4.78, 5) is 3.23. The standard InChI is InChI=1S/C6HCl3F3NO/c7-2-1-3(8)13-5(4(2)9)14-6(10,11)12/h1H. The Morgan fingerprint density at radius 2 is 1.79 bits per heavy atom. The summed E-state index contributed by atoms with van der Waals surface area (Å²) in [6, 6.07) is 1.11. The topological polar surface area (TPSA) is 22.1 Å². The Morgan fingerprint density at radius 1 is 1.21 bits per heavy atom. The highest BCUT2D eigenvalue weighted by Gasteiger charge is 2.33. The fourth-order valence-corrected chi connectivity index (χ4v) is 1.19. The minimum Gasteiger partial charge on any atom is -0.386 e. The average Bonchev–Trinajstić information content (AvgIpc) is 1.96. The van der Waals surface area contributed by atoms with E-state index in [1.54, 1.807) is 0 Å². The molecule has 0 atom stereocenters. The predicted octanol–water partition coefficient (Wildman–Crippen LogP) is 3.94. The van der Waals surface area contributed by atoms with Crippen molar-refractivity contribution < 1.29 is 17.9 Å². The van der Waals surface area contributed by atoms with Crippen molar-refractivity contribution in [3.8, 4) is 5.88 Å². The van der Waals surface area contributed by atoms with Crippen molar-refractivity contribution in [1.82, 2.24) is 4.98 Å². The van der Waals surface area contributed by atoms with Crippen LogP contribution in [0.15, 0.2) is 6.07 Å². The molecular formula is C6HCl3F3NO. The maximum atomic E-state index is 11.8. The first-order chi connectivity index (χ1) is 6.29. The molecule has 0 aliphatic heterocycles. The van der Waals surface area contributed by atoms with Gasteiger partial charge in [-0.05, 0) is 6.07 Å². The van der Waals surface area contributed by atoms with E-state index in [-0.39, 0.29) is 10.2 Å². The van der Waals surface area contributed by atoms with Crippen molar-refractivity contribution >= 4 is 34.8 Å². The molecule has 0 spiro atoms. The quantitative estimate of drug-likeness (QED) is 0.718. The lowest BCUT2D eigenvalue weighted by atomic mass is 10.5. The fraction of sp³-hybridized carbons (Fsp3) is 0.167. The molecule has 0 aromatic carbocycles. The Bertz CT molecular complexity index is 355. The van der Waals surface area contributed by atoms with Crippen LogP contribution in [-0.4, -0.2) is 11.3 Å². The summed E-state index contributed by atoms with van der Waals surface area (Å²) in [6.07, 6.45) is -4.88. The third-order valence-corrected chi connectivity index (χ3v) is 2.02. The first-order valence-corrected chi connectivity index (χ1v) is 4.20. The zero-order valence-electron chi connectivity index (χ0n) is 6.20. The molecule has 0 N–H and O–H groups in total. The number of alkyl halides is 3. The summed E-state index contributed by atoms with van der Waals surface area (Å²) in [5.74, 6) is -0.864. The van der Waals surface area contributed by atoms with Gasteiger partial charge in [-0.25, -0.2) is 0 Å². The summed E-state index contributed by atoms with van der Waals surface area (Å²) in [7, 11) is 0. The molecule has 0 radical (unpaired) electrons. The summed E-state index contributed by atoms with van der Waals surface area (Å²) >= 11 is 16.2. The van der Waals surface area contributed by atoms with Gasteiger partial charge in [-0.2, -0.15) is 4.98 Å². The van der Waals surface area contributed by atoms with Gasteiger partial charge in [0.1, 0.15) is 10.2 Å². The van der Waals surface area contributed by atoms with Gasteiger partial charge >= 0.3 is 6.36 Å². The molecule has 0 saturated carbocycles. The van der Waals surface area contributed by atoms with E-state index in [0.29, 0.717) is 0 Å². The van der Waals surface area contributed by atoms with E-state index in [2.05, 4.69) is 9.72 Å². The van der Waals surface area contributed by atoms with Crippen LogP contribution in [0.2, 0.25) is 15.2 Å². The second kappa shape index (κ2) is 4.00. The van der Waals surface area contributed by atoms with Crippen molar-refractivity contribution in [2.45, 2.75) is 6.36 Å². The molecule has 0 saturated heterocycles. The number of rotatable bonds is 1. The fourth-order valence-electron chi connectivity index (χ4n) is 0.626. The van der Waals surface area contributed by atoms with E-state index in [9.17, 15) is 13.2 Å². The second-order valence-corrected chi connectivity index (χ2v) is 3.27. The number of halogens is 6. The zero-order chi connectivity index (χ0) is 10.9. The highest BCUT2D eigenvalue weighted by atomic mass is 35.5. The molecule has 1 rings (SSSR count). The maximum Gasteiger partial charge on any atom is 0.574 e. The second-order valence-electron chi connectivity index (χ2n) is 2.09. The number of pyridine rings is 1. The predicted molar refractivity (Wildman–Crippen MR) is 46.0 cm³/mol. The van der Waals surface area contributed by atoms with Crippen molar-refractivity contribution in [3.63, 3.8) is 0 Å². The van der Waals surface area contributed by atoms with E-state index in [0.717, 1.165) is 6.07 Å². The molecule has 0 fully saturated rings. The van der Waals surface area contributed by atoms with E-state index < -0.39 is 17.3 Å². The molecule has 0 amide bonds. The molecule has 2 nitrogen and oxygen atoms in total. The SMILES string of the molecule is FC(F)(F)Oc1nc(Cl)cc(Cl)c1Cl. The largest absolute Gasteiger partial charge is 0.574 e. The number of hydrogen-bond acceptors (Lipinski definition) is 2. The minimum atomic E-state index is -4.88. The van der Waals surface area contributed by atoms with Gasteiger partial charge < -0.3 is 4.74 Å². The van der Waals surface area contributed by atoms with Crippen LogP contribution in [0, 0.1) is 0 Å². The third kappa shape index (κ3) is 3.08. The van der Waals surface area contributed by atoms with Crippen LogP contribution in [0.5, 0.6) is 5.88 Å². The van der Waals surface area contributed by atoms with Gasteiger partial charge in [-0.1, -0.05) is 34.8 Å². The smallest absolute Gasteiger partial charge is 0.386 e. The molecule has 78 valence electrons. The van der Waals surface area contributed by atoms with E-state index >= 15 is 0 Å². The highest BCUT2D eigenvalue weighted by Crippen LogP contribution is 2.35. The lowest BCUT2D eigenvalue weighted by Crippen LogP contribution is -2.18. The molecule has 0 aliphatic carbocycles. The summed E-state index contributed by atoms with van der Waals surface area (Å²) in [5, 5.41) is -0.835. The number of nitrogens with zero attached hydrogens (tertiary/aromatic N) is 1. The molecule has 14 heavy (non-hydrogen) atoms. The number of ether oxygens (including phenoxy) is 1. The highest BCUT2D eigenvalue weighted by molar-refractivity contribution is 6.43. The third-order valence-electron chi connectivity index (χ3n) is 1.06.